The summed E-state index contributed by atoms with van der Waals surface area (Å²) in [6.45, 7) is 7.21. The molecule has 2 aliphatic rings. The van der Waals surface area contributed by atoms with Gasteiger partial charge in [-0.3, -0.25) is 4.79 Å². The predicted molar refractivity (Wildman–Crippen MR) is 104 cm³/mol. The Morgan fingerprint density at radius 2 is 1.82 bits per heavy atom. The number of amides is 1. The maximum Gasteiger partial charge on any atom is 0.276 e. The minimum atomic E-state index is -0.697. The molecule has 1 saturated heterocycles. The Balaban J connectivity index is 1.45. The van der Waals surface area contributed by atoms with Crippen molar-refractivity contribution < 1.29 is 24.1 Å². The number of methoxy groups -OCH3 is 2. The normalized spacial score (nSPS) is 23.9. The van der Waals surface area contributed by atoms with E-state index in [2.05, 4.69) is 17.5 Å². The summed E-state index contributed by atoms with van der Waals surface area (Å²) in [7, 11) is 3.30. The van der Waals surface area contributed by atoms with Crippen LogP contribution in [-0.4, -0.2) is 58.4 Å². The van der Waals surface area contributed by atoms with Crippen molar-refractivity contribution in [2.24, 2.45) is 5.92 Å². The quantitative estimate of drug-likeness (QED) is 0.523. The van der Waals surface area contributed by atoms with Gasteiger partial charge in [-0.25, -0.2) is 0 Å². The van der Waals surface area contributed by atoms with Gasteiger partial charge in [0.2, 0.25) is 0 Å². The number of quaternary nitrogens is 2. The van der Waals surface area contributed by atoms with Gasteiger partial charge in [0.05, 0.1) is 20.3 Å². The number of nitriles is 1. The summed E-state index contributed by atoms with van der Waals surface area (Å²) in [6, 6.07) is 8.37. The highest BCUT2D eigenvalue weighted by Crippen LogP contribution is 2.39. The molecular weight excluding hydrogens is 356 g/mol. The first-order valence-corrected chi connectivity index (χ1v) is 10.1. The van der Waals surface area contributed by atoms with Gasteiger partial charge in [0.25, 0.3) is 5.91 Å². The Hall–Kier alpha value is -2.30. The molecule has 7 heteroatoms. The minimum absolute atomic E-state index is 0.00529. The maximum absolute atomic E-state index is 12.4. The summed E-state index contributed by atoms with van der Waals surface area (Å²) in [5, 5.41) is 12.4. The van der Waals surface area contributed by atoms with Crippen LogP contribution in [0.25, 0.3) is 0 Å². The fraction of sp³-hybridized carbons (Fsp3) is 0.619. The van der Waals surface area contributed by atoms with Gasteiger partial charge in [-0.2, -0.15) is 5.26 Å². The lowest BCUT2D eigenvalue weighted by atomic mass is 9.98. The molecule has 1 saturated carbocycles. The van der Waals surface area contributed by atoms with Crippen molar-refractivity contribution in [2.45, 2.75) is 31.8 Å². The average molecular weight is 389 g/mol. The second-order valence-corrected chi connectivity index (χ2v) is 8.18. The van der Waals surface area contributed by atoms with E-state index < -0.39 is 5.54 Å². The predicted octanol–water partition coefficient (Wildman–Crippen LogP) is -1.20. The Bertz CT molecular complexity index is 736. The van der Waals surface area contributed by atoms with Crippen LogP contribution in [0.15, 0.2) is 18.2 Å². The summed E-state index contributed by atoms with van der Waals surface area (Å²) in [4.78, 5) is 15.2. The van der Waals surface area contributed by atoms with Crippen LogP contribution in [0.1, 0.15) is 25.3 Å². The van der Waals surface area contributed by atoms with Crippen molar-refractivity contribution in [2.75, 3.05) is 46.9 Å². The number of benzene rings is 1. The van der Waals surface area contributed by atoms with Crippen LogP contribution in [0.4, 0.5) is 0 Å². The molecule has 7 nitrogen and oxygen atoms in total. The molecule has 3 N–H and O–H groups in total. The first-order chi connectivity index (χ1) is 13.5. The topological polar surface area (TPSA) is 80.2 Å². The smallest absolute Gasteiger partial charge is 0.276 e. The molecule has 1 heterocycles. The van der Waals surface area contributed by atoms with E-state index in [0.717, 1.165) is 57.1 Å². The van der Waals surface area contributed by atoms with Gasteiger partial charge >= 0.3 is 0 Å². The van der Waals surface area contributed by atoms with Gasteiger partial charge in [-0.05, 0) is 43.9 Å². The van der Waals surface area contributed by atoms with Crippen molar-refractivity contribution in [3.8, 4) is 17.6 Å². The van der Waals surface area contributed by atoms with E-state index in [-0.39, 0.29) is 5.91 Å². The standard InChI is InChI=1S/C21H30N4O3/c1-21(15-22,17-5-6-17)23-20(26)14-25-10-8-24(9-11-25)13-16-4-7-18(27-2)19(12-16)28-3/h4,7,12,17H,5-6,8-11,13-14H2,1-3H3,(H,23,26)/p+2/t21-/m1/s1. The Morgan fingerprint density at radius 3 is 2.39 bits per heavy atom. The SMILES string of the molecule is COc1ccc(C[NH+]2CC[NH+](CC(=O)N[C@](C)(C#N)C3CC3)CC2)cc1OC. The monoisotopic (exact) mass is 388 g/mol. The zero-order chi connectivity index (χ0) is 20.1. The summed E-state index contributed by atoms with van der Waals surface area (Å²) in [6.07, 6.45) is 2.07. The van der Waals surface area contributed by atoms with Crippen LogP contribution in [0, 0.1) is 17.2 Å². The Kier molecular flexibility index (Phi) is 6.42. The molecule has 0 bridgehead atoms. The third-order valence-corrected chi connectivity index (χ3v) is 6.00. The third-order valence-electron chi connectivity index (χ3n) is 6.00. The molecule has 1 aromatic rings. The molecular formula is C21H32N4O3+2. The highest BCUT2D eigenvalue weighted by Gasteiger charge is 2.43. The summed E-state index contributed by atoms with van der Waals surface area (Å²) in [5.41, 5.74) is 0.528. The van der Waals surface area contributed by atoms with E-state index in [1.54, 1.807) is 14.2 Å². The van der Waals surface area contributed by atoms with E-state index in [1.807, 2.05) is 19.1 Å². The first kappa shape index (κ1) is 20.4. The fourth-order valence-electron chi connectivity index (χ4n) is 4.03. The zero-order valence-corrected chi connectivity index (χ0v) is 17.1. The fourth-order valence-corrected chi connectivity index (χ4v) is 4.03. The lowest BCUT2D eigenvalue weighted by Crippen LogP contribution is -3.28. The molecule has 0 aromatic heterocycles. The molecule has 1 amide bonds. The van der Waals surface area contributed by atoms with Gasteiger partial charge in [0, 0.05) is 5.56 Å². The van der Waals surface area contributed by atoms with Crippen LogP contribution < -0.4 is 24.6 Å². The number of hydrogen-bond donors (Lipinski definition) is 3. The van der Waals surface area contributed by atoms with Crippen LogP contribution in [0.2, 0.25) is 0 Å². The number of carbonyl (C=O) groups is 1. The van der Waals surface area contributed by atoms with Crippen molar-refractivity contribution in [3.05, 3.63) is 23.8 Å². The summed E-state index contributed by atoms with van der Waals surface area (Å²) < 4.78 is 10.7. The molecule has 0 radical (unpaired) electrons. The van der Waals surface area contributed by atoms with Crippen LogP contribution in [0.3, 0.4) is 0 Å². The second-order valence-electron chi connectivity index (χ2n) is 8.18. The van der Waals surface area contributed by atoms with Gasteiger partial charge in [-0.1, -0.05) is 0 Å². The molecule has 1 aromatic carbocycles. The number of ether oxygens (including phenoxy) is 2. The first-order valence-electron chi connectivity index (χ1n) is 10.1. The molecule has 28 heavy (non-hydrogen) atoms. The maximum atomic E-state index is 12.4. The largest absolute Gasteiger partial charge is 0.493 e. The molecule has 1 aliphatic carbocycles. The van der Waals surface area contributed by atoms with E-state index in [1.165, 1.54) is 15.4 Å². The van der Waals surface area contributed by atoms with E-state index in [9.17, 15) is 10.1 Å². The zero-order valence-electron chi connectivity index (χ0n) is 17.1. The molecule has 152 valence electrons. The second kappa shape index (κ2) is 8.80. The van der Waals surface area contributed by atoms with Gasteiger partial charge in [0.1, 0.15) is 38.3 Å². The van der Waals surface area contributed by atoms with Gasteiger partial charge in [0.15, 0.2) is 18.0 Å². The van der Waals surface area contributed by atoms with Gasteiger partial charge < -0.3 is 24.6 Å². The van der Waals surface area contributed by atoms with Gasteiger partial charge in [-0.15, -0.1) is 0 Å². The molecule has 2 fully saturated rings. The van der Waals surface area contributed by atoms with Crippen molar-refractivity contribution in [3.63, 3.8) is 0 Å². The van der Waals surface area contributed by atoms with Crippen LogP contribution in [-0.2, 0) is 11.3 Å². The lowest BCUT2D eigenvalue weighted by molar-refractivity contribution is -1.02. The molecule has 1 atom stereocenters. The highest BCUT2D eigenvalue weighted by molar-refractivity contribution is 5.78. The molecule has 1 aliphatic heterocycles. The Morgan fingerprint density at radius 1 is 1.18 bits per heavy atom. The highest BCUT2D eigenvalue weighted by atomic mass is 16.5. The third kappa shape index (κ3) is 4.94. The number of nitrogens with zero attached hydrogens (tertiary/aromatic N) is 1. The summed E-state index contributed by atoms with van der Waals surface area (Å²) in [5.74, 6) is 1.82. The van der Waals surface area contributed by atoms with Crippen molar-refractivity contribution in [1.82, 2.24) is 5.32 Å². The van der Waals surface area contributed by atoms with E-state index in [0.29, 0.717) is 12.5 Å². The lowest BCUT2D eigenvalue weighted by Gasteiger charge is -2.30. The van der Waals surface area contributed by atoms with E-state index in [4.69, 9.17) is 9.47 Å². The average Bonchev–Trinajstić information content (AvgIpc) is 3.55. The number of carbonyl (C=O) groups excluding carboxylic acids is 1. The van der Waals surface area contributed by atoms with Crippen LogP contribution in [0.5, 0.6) is 11.5 Å². The molecule has 0 spiro atoms. The van der Waals surface area contributed by atoms with Crippen molar-refractivity contribution >= 4 is 5.91 Å². The van der Waals surface area contributed by atoms with E-state index >= 15 is 0 Å². The summed E-state index contributed by atoms with van der Waals surface area (Å²) >= 11 is 0. The number of nitrogens with one attached hydrogen (secondary N) is 3. The van der Waals surface area contributed by atoms with Crippen molar-refractivity contribution in [1.29, 1.82) is 5.26 Å². The Labute approximate surface area is 167 Å². The number of piperazine rings is 1. The molecule has 0 unspecified atom stereocenters. The minimum Gasteiger partial charge on any atom is -0.493 e. The number of hydrogen-bond acceptors (Lipinski definition) is 4. The van der Waals surface area contributed by atoms with Crippen LogP contribution >= 0.6 is 0 Å². The molecule has 3 rings (SSSR count). The number of rotatable bonds is 8.